The van der Waals surface area contributed by atoms with Crippen molar-refractivity contribution in [2.45, 2.75) is 44.2 Å². The highest BCUT2D eigenvalue weighted by molar-refractivity contribution is 7.10. The Balaban J connectivity index is 1.87. The van der Waals surface area contributed by atoms with E-state index < -0.39 is 6.10 Å². The Hall–Kier alpha value is -1.99. The lowest BCUT2D eigenvalue weighted by Crippen LogP contribution is -2.37. The summed E-state index contributed by atoms with van der Waals surface area (Å²) in [5.41, 5.74) is 0.0370. The summed E-state index contributed by atoms with van der Waals surface area (Å²) < 4.78 is 0. The third-order valence-electron chi connectivity index (χ3n) is 4.48. The lowest BCUT2D eigenvalue weighted by molar-refractivity contribution is -0.384. The molecule has 0 saturated carbocycles. The van der Waals surface area contributed by atoms with Gasteiger partial charge in [0.05, 0.1) is 11.0 Å². The molecule has 1 fully saturated rings. The Bertz CT molecular complexity index is 677. The van der Waals surface area contributed by atoms with Crippen LogP contribution >= 0.6 is 11.3 Å². The van der Waals surface area contributed by atoms with Crippen molar-refractivity contribution in [1.29, 1.82) is 0 Å². The molecule has 0 aromatic carbocycles. The van der Waals surface area contributed by atoms with E-state index >= 15 is 0 Å². The minimum Gasteiger partial charge on any atom is -0.387 e. The van der Waals surface area contributed by atoms with Gasteiger partial charge in [0.15, 0.2) is 0 Å². The van der Waals surface area contributed by atoms with Crippen LogP contribution in [0.4, 0.5) is 11.5 Å². The van der Waals surface area contributed by atoms with Crippen molar-refractivity contribution in [2.75, 3.05) is 11.4 Å². The predicted octanol–water partition coefficient (Wildman–Crippen LogP) is 3.92. The molecule has 1 aliphatic heterocycles. The lowest BCUT2D eigenvalue weighted by Gasteiger charge is -2.32. The number of aliphatic hydroxyl groups is 1. The first-order chi connectivity index (χ1) is 11.7. The smallest absolute Gasteiger partial charge is 0.311 e. The summed E-state index contributed by atoms with van der Waals surface area (Å²) >= 11 is 1.54. The molecule has 1 aliphatic rings. The normalized spacial score (nSPS) is 19.7. The van der Waals surface area contributed by atoms with Gasteiger partial charge >= 0.3 is 5.69 Å². The summed E-state index contributed by atoms with van der Waals surface area (Å²) in [6.07, 6.45) is 5.68. The Morgan fingerprint density at radius 1 is 1.38 bits per heavy atom. The third kappa shape index (κ3) is 3.73. The number of aliphatic hydroxyl groups excluding tert-OH is 1. The van der Waals surface area contributed by atoms with E-state index in [4.69, 9.17) is 0 Å². The summed E-state index contributed by atoms with van der Waals surface area (Å²) in [5, 5.41) is 23.8. The molecule has 0 radical (unpaired) electrons. The van der Waals surface area contributed by atoms with Gasteiger partial charge in [-0.3, -0.25) is 10.1 Å². The molecule has 1 saturated heterocycles. The quantitative estimate of drug-likeness (QED) is 0.655. The molecule has 1 N–H and O–H groups in total. The van der Waals surface area contributed by atoms with Gasteiger partial charge in [0.2, 0.25) is 5.82 Å². The highest BCUT2D eigenvalue weighted by Gasteiger charge is 2.30. The number of rotatable bonds is 5. The van der Waals surface area contributed by atoms with E-state index in [-0.39, 0.29) is 16.7 Å². The maximum Gasteiger partial charge on any atom is 0.311 e. The fourth-order valence-corrected chi connectivity index (χ4v) is 4.03. The molecule has 2 atom stereocenters. The zero-order valence-electron chi connectivity index (χ0n) is 13.4. The van der Waals surface area contributed by atoms with Crippen LogP contribution in [0.3, 0.4) is 0 Å². The van der Waals surface area contributed by atoms with E-state index in [9.17, 15) is 15.2 Å². The topological polar surface area (TPSA) is 79.5 Å². The van der Waals surface area contributed by atoms with Crippen molar-refractivity contribution in [3.63, 3.8) is 0 Å². The summed E-state index contributed by atoms with van der Waals surface area (Å²) in [4.78, 5) is 18.2. The molecule has 3 heterocycles. The molecule has 24 heavy (non-hydrogen) atoms. The van der Waals surface area contributed by atoms with Crippen molar-refractivity contribution in [2.24, 2.45) is 0 Å². The van der Waals surface area contributed by atoms with Crippen molar-refractivity contribution in [1.82, 2.24) is 4.98 Å². The van der Waals surface area contributed by atoms with Crippen LogP contribution in [-0.4, -0.2) is 27.6 Å². The van der Waals surface area contributed by atoms with Crippen molar-refractivity contribution >= 4 is 22.8 Å². The van der Waals surface area contributed by atoms with E-state index in [1.165, 1.54) is 17.4 Å². The zero-order valence-corrected chi connectivity index (χ0v) is 14.2. The fourth-order valence-electron chi connectivity index (χ4n) is 3.31. The summed E-state index contributed by atoms with van der Waals surface area (Å²) in [6.45, 7) is 0.736. The van der Waals surface area contributed by atoms with E-state index in [0.29, 0.717) is 12.2 Å². The van der Waals surface area contributed by atoms with Crippen molar-refractivity contribution < 1.29 is 10.0 Å². The van der Waals surface area contributed by atoms with Crippen molar-refractivity contribution in [3.8, 4) is 0 Å². The predicted molar refractivity (Wildman–Crippen MR) is 94.4 cm³/mol. The van der Waals surface area contributed by atoms with Crippen LogP contribution in [0.5, 0.6) is 0 Å². The van der Waals surface area contributed by atoms with E-state index in [1.54, 1.807) is 12.3 Å². The van der Waals surface area contributed by atoms with Gasteiger partial charge in [0, 0.05) is 29.7 Å². The number of aromatic nitrogens is 1. The molecule has 0 unspecified atom stereocenters. The maximum atomic E-state index is 11.4. The molecule has 7 heteroatoms. The molecular formula is C17H21N3O3S. The number of hydrogen-bond acceptors (Lipinski definition) is 6. The minimum atomic E-state index is -0.543. The number of nitro groups is 1. The molecule has 0 bridgehead atoms. The van der Waals surface area contributed by atoms with Crippen LogP contribution in [0.1, 0.15) is 43.1 Å². The molecule has 6 nitrogen and oxygen atoms in total. The second-order valence-electron chi connectivity index (χ2n) is 6.07. The number of thiophene rings is 1. The molecule has 0 spiro atoms. The second kappa shape index (κ2) is 7.72. The number of hydrogen-bond donors (Lipinski definition) is 1. The number of nitrogens with zero attached hydrogens (tertiary/aromatic N) is 3. The highest BCUT2D eigenvalue weighted by Crippen LogP contribution is 2.34. The first-order valence-electron chi connectivity index (χ1n) is 8.24. The van der Waals surface area contributed by atoms with E-state index in [2.05, 4.69) is 4.98 Å². The van der Waals surface area contributed by atoms with Gasteiger partial charge in [-0.1, -0.05) is 18.9 Å². The van der Waals surface area contributed by atoms with Crippen LogP contribution in [-0.2, 0) is 0 Å². The highest BCUT2D eigenvalue weighted by atomic mass is 32.1. The Morgan fingerprint density at radius 3 is 3.00 bits per heavy atom. The Labute approximate surface area is 144 Å². The minimum absolute atomic E-state index is 0.0370. The lowest BCUT2D eigenvalue weighted by atomic mass is 10.0. The van der Waals surface area contributed by atoms with Gasteiger partial charge in [-0.05, 0) is 36.8 Å². The van der Waals surface area contributed by atoms with Crippen LogP contribution in [0.2, 0.25) is 0 Å². The first-order valence-corrected chi connectivity index (χ1v) is 9.12. The molecule has 0 amide bonds. The Kier molecular flexibility index (Phi) is 5.42. The van der Waals surface area contributed by atoms with E-state index in [0.717, 1.165) is 37.1 Å². The van der Waals surface area contributed by atoms with Gasteiger partial charge in [0.25, 0.3) is 0 Å². The van der Waals surface area contributed by atoms with Crippen LogP contribution < -0.4 is 4.90 Å². The number of anilines is 1. The monoisotopic (exact) mass is 347 g/mol. The summed E-state index contributed by atoms with van der Waals surface area (Å²) in [7, 11) is 0. The average molecular weight is 347 g/mol. The molecular weight excluding hydrogens is 326 g/mol. The largest absolute Gasteiger partial charge is 0.387 e. The van der Waals surface area contributed by atoms with Gasteiger partial charge in [-0.25, -0.2) is 4.98 Å². The Morgan fingerprint density at radius 2 is 2.25 bits per heavy atom. The summed E-state index contributed by atoms with van der Waals surface area (Å²) in [6, 6.07) is 7.00. The zero-order chi connectivity index (χ0) is 16.9. The third-order valence-corrected chi connectivity index (χ3v) is 5.45. The van der Waals surface area contributed by atoms with Crippen molar-refractivity contribution in [3.05, 3.63) is 50.8 Å². The molecule has 3 rings (SSSR count). The van der Waals surface area contributed by atoms with Gasteiger partial charge in [-0.2, -0.15) is 0 Å². The van der Waals surface area contributed by atoms with Gasteiger partial charge in [0.1, 0.15) is 0 Å². The first kappa shape index (κ1) is 16.9. The fraction of sp³-hybridized carbons (Fsp3) is 0.471. The average Bonchev–Trinajstić information content (AvgIpc) is 3.03. The maximum absolute atomic E-state index is 11.4. The number of pyridine rings is 1. The SMILES string of the molecule is O=[N+]([O-])c1cccnc1N1CCCCC[C@@H]1C[C@H](O)c1cccs1. The molecule has 2 aromatic heterocycles. The second-order valence-corrected chi connectivity index (χ2v) is 7.05. The van der Waals surface area contributed by atoms with Crippen LogP contribution in [0.25, 0.3) is 0 Å². The van der Waals surface area contributed by atoms with E-state index in [1.807, 2.05) is 22.4 Å². The summed E-state index contributed by atoms with van der Waals surface area (Å²) in [5.74, 6) is 0.424. The van der Waals surface area contributed by atoms with Crippen LogP contribution in [0.15, 0.2) is 35.8 Å². The molecule has 0 aliphatic carbocycles. The van der Waals surface area contributed by atoms with Gasteiger partial charge < -0.3 is 10.0 Å². The molecule has 128 valence electrons. The van der Waals surface area contributed by atoms with Gasteiger partial charge in [-0.15, -0.1) is 11.3 Å². The van der Waals surface area contributed by atoms with Crippen LogP contribution in [0, 0.1) is 10.1 Å². The molecule has 2 aromatic rings. The standard InChI is InChI=1S/C17H21N3O3S/c21-15(16-8-5-11-24-16)12-13-6-2-1-3-10-19(13)17-14(20(22)23)7-4-9-18-17/h4-5,7-9,11,13,15,21H,1-3,6,10,12H2/t13-,15+/m1/s1.